The summed E-state index contributed by atoms with van der Waals surface area (Å²) in [5.74, 6) is -0.0512. The van der Waals surface area contributed by atoms with Gasteiger partial charge in [-0.05, 0) is 86.8 Å². The van der Waals surface area contributed by atoms with Gasteiger partial charge in [-0.15, -0.1) is 0 Å². The highest BCUT2D eigenvalue weighted by molar-refractivity contribution is 5.75. The lowest BCUT2D eigenvalue weighted by molar-refractivity contribution is -0.150. The van der Waals surface area contributed by atoms with Crippen molar-refractivity contribution < 1.29 is 38.1 Å². The van der Waals surface area contributed by atoms with E-state index in [1.165, 1.54) is 77.0 Å². The molecule has 1 fully saturated rings. The third-order valence-corrected chi connectivity index (χ3v) is 11.9. The Kier molecular flexibility index (Phi) is 27.9. The highest BCUT2D eigenvalue weighted by Gasteiger charge is 2.20. The lowest BCUT2D eigenvalue weighted by Crippen LogP contribution is -2.47. The average Bonchev–Trinajstić information content (AvgIpc) is 3.27. The van der Waals surface area contributed by atoms with E-state index in [1.54, 1.807) is 24.3 Å². The number of rotatable bonds is 34. The molecule has 10 heteroatoms. The molecule has 348 valence electrons. The van der Waals surface area contributed by atoms with Crippen LogP contribution < -0.4 is 9.47 Å². The third kappa shape index (κ3) is 24.2. The van der Waals surface area contributed by atoms with Crippen molar-refractivity contribution in [3.05, 3.63) is 59.7 Å². The van der Waals surface area contributed by atoms with E-state index in [-0.39, 0.29) is 61.8 Å². The van der Waals surface area contributed by atoms with Crippen LogP contribution in [0.2, 0.25) is 0 Å². The lowest BCUT2D eigenvalue weighted by atomic mass is 10.0. The molecule has 2 aromatic rings. The molecular formula is C52H82N2O8. The highest BCUT2D eigenvalue weighted by Crippen LogP contribution is 2.20. The first-order chi connectivity index (χ1) is 30.2. The Morgan fingerprint density at radius 3 is 1.03 bits per heavy atom. The van der Waals surface area contributed by atoms with Crippen LogP contribution in [0.3, 0.4) is 0 Å². The fraction of sp³-hybridized carbons (Fsp3) is 0.692. The minimum absolute atomic E-state index is 0.0155. The Morgan fingerprint density at radius 2 is 0.742 bits per heavy atom. The van der Waals surface area contributed by atoms with Gasteiger partial charge in [0, 0.05) is 39.3 Å². The van der Waals surface area contributed by atoms with E-state index in [0.717, 1.165) is 88.7 Å². The Labute approximate surface area is 375 Å². The summed E-state index contributed by atoms with van der Waals surface area (Å²) in [4.78, 5) is 55.5. The summed E-state index contributed by atoms with van der Waals surface area (Å²) in [6, 6.07) is 14.3. The number of ether oxygens (including phenoxy) is 4. The normalized spacial score (nSPS) is 13.4. The van der Waals surface area contributed by atoms with Crippen LogP contribution in [0.25, 0.3) is 0 Å². The van der Waals surface area contributed by atoms with Crippen molar-refractivity contribution in [2.24, 2.45) is 0 Å². The molecule has 0 unspecified atom stereocenters. The number of nitrogens with zero attached hydrogens (tertiary/aromatic N) is 2. The van der Waals surface area contributed by atoms with Gasteiger partial charge in [0.15, 0.2) is 0 Å². The summed E-state index contributed by atoms with van der Waals surface area (Å²) in [6.07, 6.45) is 23.3. The maximum Gasteiger partial charge on any atom is 0.312 e. The molecule has 1 aliphatic heterocycles. The van der Waals surface area contributed by atoms with Crippen LogP contribution >= 0.6 is 0 Å². The number of carbonyl (C=O) groups excluding carboxylic acids is 4. The molecule has 62 heavy (non-hydrogen) atoms. The second-order valence-corrected chi connectivity index (χ2v) is 17.4. The highest BCUT2D eigenvalue weighted by atomic mass is 16.6. The van der Waals surface area contributed by atoms with E-state index >= 15 is 0 Å². The molecule has 2 aromatic carbocycles. The Bertz CT molecular complexity index is 1370. The van der Waals surface area contributed by atoms with Crippen molar-refractivity contribution >= 4 is 23.9 Å². The predicted octanol–water partition coefficient (Wildman–Crippen LogP) is 11.4. The average molecular weight is 863 g/mol. The Balaban J connectivity index is 1.29. The monoisotopic (exact) mass is 863 g/mol. The van der Waals surface area contributed by atoms with Crippen LogP contribution in [0.4, 0.5) is 0 Å². The summed E-state index contributed by atoms with van der Waals surface area (Å²) in [5.41, 5.74) is 1.68. The van der Waals surface area contributed by atoms with E-state index in [0.29, 0.717) is 24.6 Å². The van der Waals surface area contributed by atoms with Crippen molar-refractivity contribution in [3.8, 4) is 11.5 Å². The molecule has 0 radical (unpaired) electrons. The third-order valence-electron chi connectivity index (χ3n) is 11.9. The maximum atomic E-state index is 12.8. The molecule has 1 saturated heterocycles. The van der Waals surface area contributed by atoms with Gasteiger partial charge in [-0.3, -0.25) is 19.2 Å². The molecule has 10 nitrogen and oxygen atoms in total. The summed E-state index contributed by atoms with van der Waals surface area (Å²) in [7, 11) is 0. The van der Waals surface area contributed by atoms with E-state index in [1.807, 2.05) is 24.3 Å². The standard InChI is InChI=1S/C52H82N2O8/c1-5-9-13-17-21-45(22-18-14-10-6-2)61-51(57)41-43-25-29-47(30-26-43)59-49(55)33-35-53-37-39-54(40-38-53)36-34-50(56)60-48-31-27-44(28-32-48)42-52(58)62-46(23-19-15-11-7-3)24-20-16-12-8-4/h25-32,45-46H,5-24,33-42H2,1-4H3. The first-order valence-electron chi connectivity index (χ1n) is 24.6. The Morgan fingerprint density at radius 1 is 0.435 bits per heavy atom. The molecule has 0 bridgehead atoms. The van der Waals surface area contributed by atoms with Gasteiger partial charge >= 0.3 is 23.9 Å². The van der Waals surface area contributed by atoms with Crippen molar-refractivity contribution in [3.63, 3.8) is 0 Å². The maximum absolute atomic E-state index is 12.8. The van der Waals surface area contributed by atoms with Gasteiger partial charge in [-0.1, -0.05) is 129 Å². The molecule has 0 atom stereocenters. The van der Waals surface area contributed by atoms with Crippen LogP contribution in [0.15, 0.2) is 48.5 Å². The molecule has 0 aliphatic carbocycles. The number of hydrogen-bond acceptors (Lipinski definition) is 10. The largest absolute Gasteiger partial charge is 0.462 e. The zero-order valence-corrected chi connectivity index (χ0v) is 39.1. The molecule has 1 heterocycles. The topological polar surface area (TPSA) is 112 Å². The zero-order chi connectivity index (χ0) is 44.6. The molecule has 3 rings (SSSR count). The number of benzene rings is 2. The van der Waals surface area contributed by atoms with Gasteiger partial charge in [0.1, 0.15) is 23.7 Å². The lowest BCUT2D eigenvalue weighted by Gasteiger charge is -2.34. The summed E-state index contributed by atoms with van der Waals surface area (Å²) >= 11 is 0. The Hall–Kier alpha value is -3.76. The van der Waals surface area contributed by atoms with Gasteiger partial charge in [-0.2, -0.15) is 0 Å². The van der Waals surface area contributed by atoms with Crippen LogP contribution in [0.5, 0.6) is 11.5 Å². The molecule has 0 saturated carbocycles. The van der Waals surface area contributed by atoms with Crippen molar-refractivity contribution in [2.45, 2.75) is 194 Å². The van der Waals surface area contributed by atoms with Crippen LogP contribution in [0, 0.1) is 0 Å². The van der Waals surface area contributed by atoms with Crippen molar-refractivity contribution in [2.75, 3.05) is 39.3 Å². The van der Waals surface area contributed by atoms with Crippen LogP contribution in [0.1, 0.15) is 180 Å². The summed E-state index contributed by atoms with van der Waals surface area (Å²) < 4.78 is 23.1. The van der Waals surface area contributed by atoms with E-state index in [9.17, 15) is 19.2 Å². The molecule has 0 N–H and O–H groups in total. The molecule has 1 aliphatic rings. The smallest absolute Gasteiger partial charge is 0.312 e. The zero-order valence-electron chi connectivity index (χ0n) is 39.1. The summed E-state index contributed by atoms with van der Waals surface area (Å²) in [6.45, 7) is 13.2. The SMILES string of the molecule is CCCCCCC(CCCCCC)OC(=O)Cc1ccc(OC(=O)CCN2CCN(CCC(=O)Oc3ccc(CC(=O)OC(CCCCCC)CCCCCC)cc3)CC2)cc1. The van der Waals surface area contributed by atoms with Crippen LogP contribution in [-0.4, -0.2) is 85.2 Å². The minimum Gasteiger partial charge on any atom is -0.462 e. The second kappa shape index (κ2) is 32.8. The van der Waals surface area contributed by atoms with E-state index in [2.05, 4.69) is 37.5 Å². The van der Waals surface area contributed by atoms with Gasteiger partial charge in [0.2, 0.25) is 0 Å². The predicted molar refractivity (Wildman–Crippen MR) is 248 cm³/mol. The van der Waals surface area contributed by atoms with Gasteiger partial charge in [0.05, 0.1) is 25.7 Å². The first kappa shape index (κ1) is 52.6. The number of esters is 4. The molecule has 0 aromatic heterocycles. The fourth-order valence-corrected chi connectivity index (χ4v) is 7.96. The van der Waals surface area contributed by atoms with Gasteiger partial charge in [-0.25, -0.2) is 0 Å². The summed E-state index contributed by atoms with van der Waals surface area (Å²) in [5, 5.41) is 0. The molecule has 0 spiro atoms. The second-order valence-electron chi connectivity index (χ2n) is 17.4. The van der Waals surface area contributed by atoms with Crippen LogP contribution in [-0.2, 0) is 41.5 Å². The van der Waals surface area contributed by atoms with Crippen molar-refractivity contribution in [1.29, 1.82) is 0 Å². The number of unbranched alkanes of at least 4 members (excludes halogenated alkanes) is 12. The van der Waals surface area contributed by atoms with Crippen molar-refractivity contribution in [1.82, 2.24) is 9.80 Å². The molecular weight excluding hydrogens is 781 g/mol. The first-order valence-corrected chi connectivity index (χ1v) is 24.6. The number of piperazine rings is 1. The van der Waals surface area contributed by atoms with E-state index < -0.39 is 0 Å². The minimum atomic E-state index is -0.292. The molecule has 0 amide bonds. The quantitative estimate of drug-likeness (QED) is 0.0383. The number of carbonyl (C=O) groups is 4. The fourth-order valence-electron chi connectivity index (χ4n) is 7.96. The van der Waals surface area contributed by atoms with Gasteiger partial charge in [0.25, 0.3) is 0 Å². The number of hydrogen-bond donors (Lipinski definition) is 0. The van der Waals surface area contributed by atoms with Gasteiger partial charge < -0.3 is 28.7 Å². The van der Waals surface area contributed by atoms with E-state index in [4.69, 9.17) is 18.9 Å².